The third-order valence-electron chi connectivity index (χ3n) is 4.78. The van der Waals surface area contributed by atoms with Crippen LogP contribution in [-0.2, 0) is 0 Å². The zero-order valence-electron chi connectivity index (χ0n) is 12.2. The van der Waals surface area contributed by atoms with Crippen LogP contribution in [-0.4, -0.2) is 14.5 Å². The largest absolute Gasteiger partial charge is 0.329 e. The maximum atomic E-state index is 4.50. The first kappa shape index (κ1) is 12.6. The highest BCUT2D eigenvalue weighted by atomic mass is 15.1. The van der Waals surface area contributed by atoms with Crippen LogP contribution >= 0.6 is 0 Å². The van der Waals surface area contributed by atoms with Crippen LogP contribution < -0.4 is 0 Å². The van der Waals surface area contributed by atoms with Gasteiger partial charge in [0.25, 0.3) is 0 Å². The summed E-state index contributed by atoms with van der Waals surface area (Å²) in [6, 6.07) is 13.6. The maximum Gasteiger partial charge on any atom is 0.143 e. The zero-order chi connectivity index (χ0) is 14.2. The molecule has 2 heterocycles. The highest BCUT2D eigenvalue weighted by Gasteiger charge is 2.27. The van der Waals surface area contributed by atoms with E-state index >= 15 is 0 Å². The van der Waals surface area contributed by atoms with Gasteiger partial charge in [-0.3, -0.25) is 0 Å². The van der Waals surface area contributed by atoms with Crippen molar-refractivity contribution >= 4 is 11.0 Å². The molecule has 1 aromatic carbocycles. The molecule has 1 aliphatic carbocycles. The Kier molecular flexibility index (Phi) is 2.99. The Morgan fingerprint density at radius 1 is 1.05 bits per heavy atom. The summed E-state index contributed by atoms with van der Waals surface area (Å²) in [6.45, 7) is 2.05. The summed E-state index contributed by atoms with van der Waals surface area (Å²) >= 11 is 0. The molecule has 4 rings (SSSR count). The molecule has 1 aliphatic rings. The Morgan fingerprint density at radius 3 is 2.76 bits per heavy atom. The Hall–Kier alpha value is -2.16. The monoisotopic (exact) mass is 277 g/mol. The Balaban J connectivity index is 1.64. The lowest BCUT2D eigenvalue weighted by Crippen LogP contribution is -2.05. The minimum absolute atomic E-state index is 0.557. The van der Waals surface area contributed by atoms with E-state index in [1.54, 1.807) is 6.33 Å². The molecule has 0 N–H and O–H groups in total. The Morgan fingerprint density at radius 2 is 1.90 bits per heavy atom. The molecule has 2 unspecified atom stereocenters. The molecule has 1 saturated carbocycles. The van der Waals surface area contributed by atoms with E-state index in [0.29, 0.717) is 12.0 Å². The van der Waals surface area contributed by atoms with Gasteiger partial charge in [-0.15, -0.1) is 0 Å². The normalized spacial score (nSPS) is 22.0. The molecule has 0 aliphatic heterocycles. The van der Waals surface area contributed by atoms with Gasteiger partial charge in [-0.1, -0.05) is 30.3 Å². The smallest absolute Gasteiger partial charge is 0.143 e. The summed E-state index contributed by atoms with van der Waals surface area (Å²) in [6.07, 6.45) is 7.56. The Bertz CT molecular complexity index is 760. The van der Waals surface area contributed by atoms with Crippen molar-refractivity contribution in [3.05, 3.63) is 60.2 Å². The number of hydrogen-bond donors (Lipinski definition) is 0. The van der Waals surface area contributed by atoms with Crippen LogP contribution in [0.25, 0.3) is 11.0 Å². The van der Waals surface area contributed by atoms with Gasteiger partial charge in [0, 0.05) is 17.6 Å². The number of benzene rings is 1. The number of fused-ring (bicyclic) bond motifs is 1. The van der Waals surface area contributed by atoms with E-state index in [4.69, 9.17) is 0 Å². The van der Waals surface area contributed by atoms with Crippen LogP contribution in [0.3, 0.4) is 0 Å². The molecule has 0 saturated heterocycles. The van der Waals surface area contributed by atoms with E-state index < -0.39 is 0 Å². The van der Waals surface area contributed by atoms with E-state index in [9.17, 15) is 0 Å². The van der Waals surface area contributed by atoms with Crippen molar-refractivity contribution in [3.63, 3.8) is 0 Å². The van der Waals surface area contributed by atoms with E-state index in [-0.39, 0.29) is 0 Å². The molecule has 0 radical (unpaired) electrons. The topological polar surface area (TPSA) is 30.7 Å². The molecule has 3 aromatic rings. The van der Waals surface area contributed by atoms with Crippen molar-refractivity contribution in [1.82, 2.24) is 14.5 Å². The fraction of sp³-hybridized carbons (Fsp3) is 0.333. The van der Waals surface area contributed by atoms with Crippen molar-refractivity contribution in [2.45, 2.75) is 38.1 Å². The van der Waals surface area contributed by atoms with Gasteiger partial charge >= 0.3 is 0 Å². The maximum absolute atomic E-state index is 4.50. The standard InChI is InChI=1S/C18H19N3/c1-13-17-9-10-21(18(17)20-12-19-13)16-8-7-15(11-16)14-5-3-2-4-6-14/h2-6,9-10,12,15-16H,7-8,11H2,1H3. The summed E-state index contributed by atoms with van der Waals surface area (Å²) in [4.78, 5) is 8.78. The second-order valence-electron chi connectivity index (χ2n) is 5.99. The third-order valence-corrected chi connectivity index (χ3v) is 4.78. The SMILES string of the molecule is Cc1ncnc2c1ccn2C1CCC(c2ccccc2)C1. The molecule has 0 amide bonds. The lowest BCUT2D eigenvalue weighted by atomic mass is 9.98. The summed E-state index contributed by atoms with van der Waals surface area (Å²) in [5, 5.41) is 1.18. The quantitative estimate of drug-likeness (QED) is 0.701. The lowest BCUT2D eigenvalue weighted by Gasteiger charge is -2.14. The predicted octanol–water partition coefficient (Wildman–Crippen LogP) is 4.25. The minimum Gasteiger partial charge on any atom is -0.329 e. The molecule has 2 atom stereocenters. The lowest BCUT2D eigenvalue weighted by molar-refractivity contribution is 0.523. The van der Waals surface area contributed by atoms with Crippen molar-refractivity contribution < 1.29 is 0 Å². The van der Waals surface area contributed by atoms with E-state index in [0.717, 1.165) is 11.3 Å². The van der Waals surface area contributed by atoms with Gasteiger partial charge in [0.15, 0.2) is 0 Å². The van der Waals surface area contributed by atoms with Crippen LogP contribution in [0.5, 0.6) is 0 Å². The Labute approximate surface area is 124 Å². The number of nitrogens with zero attached hydrogens (tertiary/aromatic N) is 3. The number of aryl methyl sites for hydroxylation is 1. The van der Waals surface area contributed by atoms with Gasteiger partial charge in [-0.05, 0) is 43.7 Å². The van der Waals surface area contributed by atoms with E-state index in [1.807, 2.05) is 0 Å². The van der Waals surface area contributed by atoms with Crippen molar-refractivity contribution in [2.75, 3.05) is 0 Å². The first-order chi connectivity index (χ1) is 10.3. The highest BCUT2D eigenvalue weighted by molar-refractivity contribution is 5.78. The first-order valence-electron chi connectivity index (χ1n) is 7.66. The van der Waals surface area contributed by atoms with E-state index in [2.05, 4.69) is 64.1 Å². The van der Waals surface area contributed by atoms with Crippen LogP contribution in [0.2, 0.25) is 0 Å². The second-order valence-corrected chi connectivity index (χ2v) is 5.99. The molecule has 0 bridgehead atoms. The number of aromatic nitrogens is 3. The molecule has 0 spiro atoms. The second kappa shape index (κ2) is 4.99. The fourth-order valence-electron chi connectivity index (χ4n) is 3.63. The summed E-state index contributed by atoms with van der Waals surface area (Å²) in [5.41, 5.74) is 3.62. The molecule has 21 heavy (non-hydrogen) atoms. The predicted molar refractivity (Wildman–Crippen MR) is 84.3 cm³/mol. The summed E-state index contributed by atoms with van der Waals surface area (Å²) < 4.78 is 2.35. The number of rotatable bonds is 2. The van der Waals surface area contributed by atoms with Gasteiger partial charge in [0.05, 0.1) is 5.69 Å². The van der Waals surface area contributed by atoms with Gasteiger partial charge < -0.3 is 4.57 Å². The molecule has 3 nitrogen and oxygen atoms in total. The van der Waals surface area contributed by atoms with Crippen molar-refractivity contribution in [3.8, 4) is 0 Å². The van der Waals surface area contributed by atoms with Crippen molar-refractivity contribution in [2.24, 2.45) is 0 Å². The van der Waals surface area contributed by atoms with Crippen LogP contribution in [0.1, 0.15) is 42.5 Å². The highest BCUT2D eigenvalue weighted by Crippen LogP contribution is 2.41. The summed E-state index contributed by atoms with van der Waals surface area (Å²) in [5.74, 6) is 0.677. The number of hydrogen-bond acceptors (Lipinski definition) is 2. The molecule has 1 fully saturated rings. The van der Waals surface area contributed by atoms with Crippen LogP contribution in [0, 0.1) is 6.92 Å². The van der Waals surface area contributed by atoms with Crippen LogP contribution in [0.4, 0.5) is 0 Å². The molecular formula is C18H19N3. The molecule has 3 heteroatoms. The fourth-order valence-corrected chi connectivity index (χ4v) is 3.63. The van der Waals surface area contributed by atoms with Gasteiger partial charge in [0.1, 0.15) is 12.0 Å². The van der Waals surface area contributed by atoms with Gasteiger partial charge in [-0.2, -0.15) is 0 Å². The van der Waals surface area contributed by atoms with Crippen molar-refractivity contribution in [1.29, 1.82) is 0 Å². The molecule has 106 valence electrons. The first-order valence-corrected chi connectivity index (χ1v) is 7.66. The molecular weight excluding hydrogens is 258 g/mol. The average molecular weight is 277 g/mol. The van der Waals surface area contributed by atoms with Crippen LogP contribution in [0.15, 0.2) is 48.9 Å². The zero-order valence-corrected chi connectivity index (χ0v) is 12.2. The average Bonchev–Trinajstić information content (AvgIpc) is 3.15. The minimum atomic E-state index is 0.557. The van der Waals surface area contributed by atoms with E-state index in [1.165, 1.54) is 30.2 Å². The van der Waals surface area contributed by atoms with Gasteiger partial charge in [-0.25, -0.2) is 9.97 Å². The third kappa shape index (κ3) is 2.13. The summed E-state index contributed by atoms with van der Waals surface area (Å²) in [7, 11) is 0. The molecule has 2 aromatic heterocycles. The van der Waals surface area contributed by atoms with Gasteiger partial charge in [0.2, 0.25) is 0 Å².